The molecule has 0 aliphatic carbocycles. The summed E-state index contributed by atoms with van der Waals surface area (Å²) in [6.45, 7) is 0.252. The van der Waals surface area contributed by atoms with E-state index in [1.165, 1.54) is 15.9 Å². The third-order valence-electron chi connectivity index (χ3n) is 3.90. The Balaban J connectivity index is 1.36. The van der Waals surface area contributed by atoms with Crippen LogP contribution in [0.15, 0.2) is 69.3 Å². The molecule has 1 N–H and O–H groups in total. The van der Waals surface area contributed by atoms with E-state index in [1.54, 1.807) is 30.5 Å². The summed E-state index contributed by atoms with van der Waals surface area (Å²) in [4.78, 5) is 28.2. The zero-order valence-electron chi connectivity index (χ0n) is 14.1. The van der Waals surface area contributed by atoms with Gasteiger partial charge in [0, 0.05) is 18.1 Å². The lowest BCUT2D eigenvalue weighted by Crippen LogP contribution is -2.30. The van der Waals surface area contributed by atoms with Crippen molar-refractivity contribution >= 4 is 28.3 Å². The monoisotopic (exact) mass is 381 g/mol. The van der Waals surface area contributed by atoms with E-state index in [0.29, 0.717) is 28.6 Å². The number of amides is 1. The zero-order chi connectivity index (χ0) is 18.6. The fraction of sp³-hybridized carbons (Fsp3) is 0.105. The fourth-order valence-electron chi connectivity index (χ4n) is 2.60. The average Bonchev–Trinajstić information content (AvgIpc) is 3.29. The van der Waals surface area contributed by atoms with Crippen LogP contribution in [0.5, 0.6) is 10.9 Å². The Morgan fingerprint density at radius 1 is 1.19 bits per heavy atom. The van der Waals surface area contributed by atoms with Crippen LogP contribution >= 0.6 is 11.3 Å². The first-order chi connectivity index (χ1) is 13.2. The van der Waals surface area contributed by atoms with Crippen LogP contribution in [0.2, 0.25) is 0 Å². The van der Waals surface area contributed by atoms with Gasteiger partial charge in [0.1, 0.15) is 12.3 Å². The normalized spacial score (nSPS) is 10.8. The highest BCUT2D eigenvalue weighted by atomic mass is 32.1. The summed E-state index contributed by atoms with van der Waals surface area (Å²) in [5, 5.41) is 5.22. The minimum atomic E-state index is -0.546. The molecule has 4 aromatic rings. The number of ether oxygens (including phenoxy) is 1. The van der Waals surface area contributed by atoms with Crippen LogP contribution in [0.25, 0.3) is 11.1 Å². The van der Waals surface area contributed by atoms with Crippen molar-refractivity contribution in [2.45, 2.75) is 13.1 Å². The third kappa shape index (κ3) is 3.90. The lowest BCUT2D eigenvalue weighted by atomic mass is 10.2. The molecule has 0 saturated carbocycles. The number of nitrogens with one attached hydrogen (secondary N) is 1. The predicted molar refractivity (Wildman–Crippen MR) is 101 cm³/mol. The van der Waals surface area contributed by atoms with Gasteiger partial charge in [-0.25, -0.2) is 9.78 Å². The standard InChI is InChI=1S/C19H15N3O4S/c23-17(12-22-15-3-1-2-4-16(15)26-19(22)24)21-11-13-5-7-14(8-6-13)25-18-20-9-10-27-18/h1-10H,11-12H2,(H,21,23). The van der Waals surface area contributed by atoms with Gasteiger partial charge in [0.05, 0.1) is 5.52 Å². The average molecular weight is 381 g/mol. The van der Waals surface area contributed by atoms with Crippen molar-refractivity contribution in [2.75, 3.05) is 0 Å². The van der Waals surface area contributed by atoms with E-state index in [9.17, 15) is 9.59 Å². The number of aromatic nitrogens is 2. The lowest BCUT2D eigenvalue weighted by molar-refractivity contribution is -0.121. The Labute approximate surface area is 157 Å². The smallest absolute Gasteiger partial charge is 0.420 e. The summed E-state index contributed by atoms with van der Waals surface area (Å²) in [6, 6.07) is 14.4. The predicted octanol–water partition coefficient (Wildman–Crippen LogP) is 3.16. The Morgan fingerprint density at radius 3 is 2.78 bits per heavy atom. The summed E-state index contributed by atoms with van der Waals surface area (Å²) >= 11 is 1.41. The molecule has 4 rings (SSSR count). The van der Waals surface area contributed by atoms with Crippen molar-refractivity contribution < 1.29 is 13.9 Å². The highest BCUT2D eigenvalue weighted by molar-refractivity contribution is 7.11. The second-order valence-corrected chi connectivity index (χ2v) is 6.60. The van der Waals surface area contributed by atoms with Crippen LogP contribution in [-0.2, 0) is 17.9 Å². The highest BCUT2D eigenvalue weighted by Crippen LogP contribution is 2.23. The number of carbonyl (C=O) groups excluding carboxylic acids is 1. The van der Waals surface area contributed by atoms with Crippen LogP contribution in [0.1, 0.15) is 5.56 Å². The first kappa shape index (κ1) is 17.0. The number of fused-ring (bicyclic) bond motifs is 1. The first-order valence-electron chi connectivity index (χ1n) is 8.20. The molecule has 2 aromatic heterocycles. The third-order valence-corrected chi connectivity index (χ3v) is 4.55. The molecule has 0 aliphatic heterocycles. The topological polar surface area (TPSA) is 86.4 Å². The molecule has 0 bridgehead atoms. The Kier molecular flexibility index (Phi) is 4.71. The van der Waals surface area contributed by atoms with Gasteiger partial charge in [-0.3, -0.25) is 9.36 Å². The molecular formula is C19H15N3O4S. The van der Waals surface area contributed by atoms with Crippen LogP contribution in [0, 0.1) is 0 Å². The lowest BCUT2D eigenvalue weighted by Gasteiger charge is -2.07. The van der Waals surface area contributed by atoms with Gasteiger partial charge in [-0.15, -0.1) is 0 Å². The number of thiazole rings is 1. The van der Waals surface area contributed by atoms with E-state index < -0.39 is 5.76 Å². The van der Waals surface area contributed by atoms with E-state index >= 15 is 0 Å². The second-order valence-electron chi connectivity index (χ2n) is 5.74. The maximum Gasteiger partial charge on any atom is 0.420 e. The van der Waals surface area contributed by atoms with Gasteiger partial charge in [-0.05, 0) is 29.8 Å². The molecule has 0 atom stereocenters. The number of benzene rings is 2. The first-order valence-corrected chi connectivity index (χ1v) is 9.08. The van der Waals surface area contributed by atoms with Crippen molar-refractivity contribution in [3.8, 4) is 10.9 Å². The minimum absolute atomic E-state index is 0.0961. The number of para-hydroxylation sites is 2. The SMILES string of the molecule is O=C(Cn1c(=O)oc2ccccc21)NCc1ccc(Oc2nccs2)cc1. The minimum Gasteiger partial charge on any atom is -0.431 e. The molecule has 0 radical (unpaired) electrons. The summed E-state index contributed by atoms with van der Waals surface area (Å²) in [5.41, 5.74) is 1.98. The number of rotatable bonds is 6. The Hall–Kier alpha value is -3.39. The largest absolute Gasteiger partial charge is 0.431 e. The molecule has 0 aliphatic rings. The van der Waals surface area contributed by atoms with Gasteiger partial charge in [0.15, 0.2) is 5.58 Å². The second kappa shape index (κ2) is 7.46. The number of hydrogen-bond acceptors (Lipinski definition) is 6. The van der Waals surface area contributed by atoms with E-state index in [2.05, 4.69) is 10.3 Å². The number of oxazole rings is 1. The van der Waals surface area contributed by atoms with E-state index in [4.69, 9.17) is 9.15 Å². The molecule has 0 unspecified atom stereocenters. The molecule has 7 nitrogen and oxygen atoms in total. The number of hydrogen-bond donors (Lipinski definition) is 1. The molecule has 2 aromatic carbocycles. The summed E-state index contributed by atoms with van der Waals surface area (Å²) in [6.07, 6.45) is 1.68. The van der Waals surface area contributed by atoms with Crippen molar-refractivity contribution in [3.05, 3.63) is 76.2 Å². The highest BCUT2D eigenvalue weighted by Gasteiger charge is 2.12. The molecule has 27 heavy (non-hydrogen) atoms. The molecular weight excluding hydrogens is 366 g/mol. The van der Waals surface area contributed by atoms with Crippen molar-refractivity contribution in [3.63, 3.8) is 0 Å². The molecule has 8 heteroatoms. The van der Waals surface area contributed by atoms with Gasteiger partial charge in [0.2, 0.25) is 5.91 Å². The van der Waals surface area contributed by atoms with Gasteiger partial charge >= 0.3 is 5.76 Å². The molecule has 0 saturated heterocycles. The Bertz CT molecular complexity index is 1110. The van der Waals surface area contributed by atoms with Crippen LogP contribution < -0.4 is 15.8 Å². The number of carbonyl (C=O) groups is 1. The van der Waals surface area contributed by atoms with Crippen molar-refractivity contribution in [2.24, 2.45) is 0 Å². The summed E-state index contributed by atoms with van der Waals surface area (Å²) in [7, 11) is 0. The molecule has 2 heterocycles. The van der Waals surface area contributed by atoms with E-state index in [-0.39, 0.29) is 12.5 Å². The molecule has 136 valence electrons. The maximum absolute atomic E-state index is 12.2. The van der Waals surface area contributed by atoms with E-state index in [1.807, 2.05) is 29.6 Å². The Morgan fingerprint density at radius 2 is 2.00 bits per heavy atom. The van der Waals surface area contributed by atoms with Crippen molar-refractivity contribution in [1.82, 2.24) is 14.9 Å². The van der Waals surface area contributed by atoms with Crippen LogP contribution in [-0.4, -0.2) is 15.5 Å². The van der Waals surface area contributed by atoms with Gasteiger partial charge in [-0.2, -0.15) is 0 Å². The van der Waals surface area contributed by atoms with Crippen LogP contribution in [0.3, 0.4) is 0 Å². The number of nitrogens with zero attached hydrogens (tertiary/aromatic N) is 2. The molecule has 0 spiro atoms. The van der Waals surface area contributed by atoms with Gasteiger partial charge in [-0.1, -0.05) is 35.6 Å². The molecule has 1 amide bonds. The van der Waals surface area contributed by atoms with Crippen LogP contribution in [0.4, 0.5) is 0 Å². The van der Waals surface area contributed by atoms with Gasteiger partial charge < -0.3 is 14.5 Å². The quantitative estimate of drug-likeness (QED) is 0.554. The summed E-state index contributed by atoms with van der Waals surface area (Å²) in [5.74, 6) is -0.141. The van der Waals surface area contributed by atoms with Gasteiger partial charge in [0.25, 0.3) is 5.19 Å². The maximum atomic E-state index is 12.2. The fourth-order valence-corrected chi connectivity index (χ4v) is 3.10. The molecule has 0 fully saturated rings. The van der Waals surface area contributed by atoms with E-state index in [0.717, 1.165) is 5.56 Å². The zero-order valence-corrected chi connectivity index (χ0v) is 14.9. The summed E-state index contributed by atoms with van der Waals surface area (Å²) < 4.78 is 12.0. The van der Waals surface area contributed by atoms with Crippen molar-refractivity contribution in [1.29, 1.82) is 0 Å².